The number of hydrogen-bond donors (Lipinski definition) is 2. The van der Waals surface area contributed by atoms with Gasteiger partial charge in [0, 0.05) is 6.07 Å². The van der Waals surface area contributed by atoms with E-state index >= 15 is 0 Å². The van der Waals surface area contributed by atoms with E-state index in [9.17, 15) is 14.7 Å². The topological polar surface area (TPSA) is 79.5 Å². The smallest absolute Gasteiger partial charge is 0.335 e. The molecule has 2 N–H and O–H groups in total. The summed E-state index contributed by atoms with van der Waals surface area (Å²) in [6, 6.07) is 2.41. The van der Waals surface area contributed by atoms with Gasteiger partial charge in [0.05, 0.1) is 17.7 Å². The number of aliphatic hydroxyl groups excluding tert-OH is 1. The fraction of sp³-hybridized carbons (Fsp3) is 0.500. The number of hydrogen-bond acceptors (Lipinski definition) is 4. The highest BCUT2D eigenvalue weighted by Gasteiger charge is 2.24. The molecule has 5 nitrogen and oxygen atoms in total. The highest BCUT2D eigenvalue weighted by molar-refractivity contribution is 5.93. The largest absolute Gasteiger partial charge is 0.430 e. The molecule has 5 heteroatoms. The molecule has 1 aromatic heterocycles. The van der Waals surface area contributed by atoms with Crippen LogP contribution in [0.3, 0.4) is 0 Å². The zero-order valence-electron chi connectivity index (χ0n) is 9.39. The summed E-state index contributed by atoms with van der Waals surface area (Å²) in [4.78, 5) is 22.5. The molecule has 1 amide bonds. The van der Waals surface area contributed by atoms with Crippen LogP contribution < -0.4 is 10.9 Å². The van der Waals surface area contributed by atoms with E-state index in [1.165, 1.54) is 12.1 Å². The Morgan fingerprint density at radius 3 is 2.76 bits per heavy atom. The molecule has 17 heavy (non-hydrogen) atoms. The average molecular weight is 237 g/mol. The lowest BCUT2D eigenvalue weighted by molar-refractivity contribution is 0.0715. The molecule has 2 rings (SSSR count). The zero-order valence-corrected chi connectivity index (χ0v) is 9.39. The summed E-state index contributed by atoms with van der Waals surface area (Å²) in [5.41, 5.74) is -0.193. The predicted octanol–water partition coefficient (Wildman–Crippen LogP) is 0.673. The second kappa shape index (κ2) is 5.14. The van der Waals surface area contributed by atoms with Crippen LogP contribution in [0.25, 0.3) is 0 Å². The quantitative estimate of drug-likeness (QED) is 0.792. The van der Waals surface area contributed by atoms with Gasteiger partial charge in [-0.1, -0.05) is 12.8 Å². The predicted molar refractivity (Wildman–Crippen MR) is 60.7 cm³/mol. The van der Waals surface area contributed by atoms with Gasteiger partial charge < -0.3 is 14.8 Å². The third kappa shape index (κ3) is 2.94. The summed E-state index contributed by atoms with van der Waals surface area (Å²) in [6.07, 6.45) is 4.15. The number of amides is 1. The first-order valence-corrected chi connectivity index (χ1v) is 5.74. The molecule has 1 heterocycles. The van der Waals surface area contributed by atoms with E-state index in [-0.39, 0.29) is 11.9 Å². The van der Waals surface area contributed by atoms with Crippen molar-refractivity contribution in [2.45, 2.75) is 37.8 Å². The van der Waals surface area contributed by atoms with Gasteiger partial charge in [0.25, 0.3) is 5.91 Å². The maximum atomic E-state index is 11.8. The van der Waals surface area contributed by atoms with Crippen molar-refractivity contribution in [3.63, 3.8) is 0 Å². The number of rotatable bonds is 2. The fourth-order valence-electron chi connectivity index (χ4n) is 2.02. The molecule has 0 aliphatic heterocycles. The van der Waals surface area contributed by atoms with Crippen LogP contribution in [-0.4, -0.2) is 23.2 Å². The van der Waals surface area contributed by atoms with E-state index in [0.717, 1.165) is 31.9 Å². The molecule has 1 aliphatic rings. The van der Waals surface area contributed by atoms with E-state index < -0.39 is 11.7 Å². The molecule has 0 unspecified atom stereocenters. The van der Waals surface area contributed by atoms with E-state index in [2.05, 4.69) is 9.73 Å². The maximum Gasteiger partial charge on any atom is 0.335 e. The molecule has 0 radical (unpaired) electrons. The van der Waals surface area contributed by atoms with Gasteiger partial charge in [-0.05, 0) is 18.9 Å². The average Bonchev–Trinajstić information content (AvgIpc) is 2.33. The number of carbonyl (C=O) groups excluding carboxylic acids is 1. The Balaban J connectivity index is 2.01. The summed E-state index contributed by atoms with van der Waals surface area (Å²) in [6.45, 7) is 0. The van der Waals surface area contributed by atoms with Gasteiger partial charge in [-0.3, -0.25) is 4.79 Å². The number of carbonyl (C=O) groups is 1. The molecule has 92 valence electrons. The lowest BCUT2D eigenvalue weighted by atomic mass is 9.92. The van der Waals surface area contributed by atoms with Gasteiger partial charge in [-0.15, -0.1) is 0 Å². The van der Waals surface area contributed by atoms with Crippen molar-refractivity contribution in [1.29, 1.82) is 0 Å². The molecule has 1 aliphatic carbocycles. The molecule has 0 saturated heterocycles. The summed E-state index contributed by atoms with van der Waals surface area (Å²) in [5.74, 6) is -0.320. The Morgan fingerprint density at radius 2 is 2.12 bits per heavy atom. The first-order valence-electron chi connectivity index (χ1n) is 5.74. The van der Waals surface area contributed by atoms with Gasteiger partial charge >= 0.3 is 5.63 Å². The molecule has 2 atom stereocenters. The summed E-state index contributed by atoms with van der Waals surface area (Å²) >= 11 is 0. The zero-order chi connectivity index (χ0) is 12.3. The molecule has 0 bridgehead atoms. The summed E-state index contributed by atoms with van der Waals surface area (Å²) in [5, 5.41) is 12.5. The van der Waals surface area contributed by atoms with Crippen molar-refractivity contribution in [2.24, 2.45) is 0 Å². The molecule has 1 fully saturated rings. The second-order valence-electron chi connectivity index (χ2n) is 4.28. The third-order valence-corrected chi connectivity index (χ3v) is 3.01. The van der Waals surface area contributed by atoms with E-state index in [4.69, 9.17) is 0 Å². The van der Waals surface area contributed by atoms with Gasteiger partial charge in [-0.25, -0.2) is 4.79 Å². The standard InChI is InChI=1S/C12H15NO4/c14-10-4-2-1-3-9(10)13-12(16)8-5-6-11(15)17-7-8/h5-7,9-10,14H,1-4H2,(H,13,16)/t9-,10-/m1/s1. The molecule has 0 spiro atoms. The first-order chi connectivity index (χ1) is 8.16. The molecular formula is C12H15NO4. The van der Waals surface area contributed by atoms with Crippen LogP contribution in [-0.2, 0) is 0 Å². The van der Waals surface area contributed by atoms with Crippen molar-refractivity contribution in [2.75, 3.05) is 0 Å². The highest BCUT2D eigenvalue weighted by Crippen LogP contribution is 2.18. The van der Waals surface area contributed by atoms with E-state index in [1.807, 2.05) is 0 Å². The Kier molecular flexibility index (Phi) is 3.58. The number of aliphatic hydroxyl groups is 1. The van der Waals surface area contributed by atoms with Crippen molar-refractivity contribution in [3.8, 4) is 0 Å². The van der Waals surface area contributed by atoms with Crippen molar-refractivity contribution < 1.29 is 14.3 Å². The van der Waals surface area contributed by atoms with Crippen LogP contribution in [0.15, 0.2) is 27.6 Å². The minimum Gasteiger partial charge on any atom is -0.430 e. The summed E-state index contributed by atoms with van der Waals surface area (Å²) < 4.78 is 4.62. The Morgan fingerprint density at radius 1 is 1.35 bits per heavy atom. The van der Waals surface area contributed by atoms with Gasteiger partial charge in [0.15, 0.2) is 0 Å². The van der Waals surface area contributed by atoms with Crippen LogP contribution in [0.1, 0.15) is 36.0 Å². The van der Waals surface area contributed by atoms with Gasteiger partial charge in [-0.2, -0.15) is 0 Å². The highest BCUT2D eigenvalue weighted by atomic mass is 16.4. The van der Waals surface area contributed by atoms with Crippen molar-refractivity contribution >= 4 is 5.91 Å². The molecule has 0 aromatic carbocycles. The van der Waals surface area contributed by atoms with Crippen molar-refractivity contribution in [3.05, 3.63) is 34.4 Å². The minimum atomic E-state index is -0.487. The van der Waals surface area contributed by atoms with Crippen LogP contribution in [0.5, 0.6) is 0 Å². The molecule has 1 saturated carbocycles. The monoisotopic (exact) mass is 237 g/mol. The number of nitrogens with one attached hydrogen (secondary N) is 1. The molecular weight excluding hydrogens is 222 g/mol. The van der Waals surface area contributed by atoms with Crippen molar-refractivity contribution in [1.82, 2.24) is 5.32 Å². The molecule has 1 aromatic rings. The first kappa shape index (κ1) is 11.9. The van der Waals surface area contributed by atoms with Crippen LogP contribution in [0.2, 0.25) is 0 Å². The maximum absolute atomic E-state index is 11.8. The van der Waals surface area contributed by atoms with E-state index in [0.29, 0.717) is 5.56 Å². The Hall–Kier alpha value is -1.62. The Labute approximate surface area is 98.5 Å². The fourth-order valence-corrected chi connectivity index (χ4v) is 2.02. The second-order valence-corrected chi connectivity index (χ2v) is 4.28. The van der Waals surface area contributed by atoms with Gasteiger partial charge in [0.1, 0.15) is 6.26 Å². The van der Waals surface area contributed by atoms with Crippen LogP contribution >= 0.6 is 0 Å². The minimum absolute atomic E-state index is 0.205. The SMILES string of the molecule is O=C(N[C@@H]1CCCC[C@H]1O)c1ccc(=O)oc1. The van der Waals surface area contributed by atoms with Crippen LogP contribution in [0.4, 0.5) is 0 Å². The lowest BCUT2D eigenvalue weighted by Gasteiger charge is -2.28. The summed E-state index contributed by atoms with van der Waals surface area (Å²) in [7, 11) is 0. The van der Waals surface area contributed by atoms with E-state index in [1.54, 1.807) is 0 Å². The van der Waals surface area contributed by atoms with Crippen LogP contribution in [0, 0.1) is 0 Å². The normalized spacial score (nSPS) is 24.3. The lowest BCUT2D eigenvalue weighted by Crippen LogP contribution is -2.45. The van der Waals surface area contributed by atoms with Gasteiger partial charge in [0.2, 0.25) is 0 Å². The third-order valence-electron chi connectivity index (χ3n) is 3.01. The Bertz CT molecular complexity index is 434.